The number of rotatable bonds is 6. The van der Waals surface area contributed by atoms with E-state index in [0.717, 1.165) is 31.1 Å². The minimum Gasteiger partial charge on any atom is -0.493 e. The first-order valence-corrected chi connectivity index (χ1v) is 6.54. The van der Waals surface area contributed by atoms with Crippen LogP contribution in [0.5, 0.6) is 11.5 Å². The predicted octanol–water partition coefficient (Wildman–Crippen LogP) is 0.767. The molecule has 19 heavy (non-hydrogen) atoms. The first-order chi connectivity index (χ1) is 9.33. The van der Waals surface area contributed by atoms with Gasteiger partial charge in [0, 0.05) is 19.6 Å². The van der Waals surface area contributed by atoms with Crippen LogP contribution in [0.4, 0.5) is 0 Å². The monoisotopic (exact) mass is 267 g/mol. The molecule has 5 nitrogen and oxygen atoms in total. The molecule has 0 bridgehead atoms. The molecule has 5 heteroatoms. The number of benzene rings is 1. The number of aliphatic hydroxyl groups is 1. The van der Waals surface area contributed by atoms with E-state index in [-0.39, 0.29) is 12.7 Å². The molecule has 0 radical (unpaired) electrons. The molecule has 1 N–H and O–H groups in total. The van der Waals surface area contributed by atoms with Gasteiger partial charge in [0.25, 0.3) is 0 Å². The molecule has 0 amide bonds. The van der Waals surface area contributed by atoms with Crippen LogP contribution in [0, 0.1) is 0 Å². The van der Waals surface area contributed by atoms with Crippen molar-refractivity contribution in [3.63, 3.8) is 0 Å². The van der Waals surface area contributed by atoms with E-state index in [1.54, 1.807) is 7.11 Å². The van der Waals surface area contributed by atoms with Crippen LogP contribution in [-0.4, -0.2) is 62.7 Å². The zero-order chi connectivity index (χ0) is 13.5. The fraction of sp³-hybridized carbons (Fsp3) is 0.571. The minimum atomic E-state index is -0.0694. The highest BCUT2D eigenvalue weighted by Gasteiger charge is 2.19. The summed E-state index contributed by atoms with van der Waals surface area (Å²) in [6, 6.07) is 7.62. The van der Waals surface area contributed by atoms with Crippen molar-refractivity contribution in [2.24, 2.45) is 0 Å². The minimum absolute atomic E-state index is 0.0694. The molecule has 1 aromatic carbocycles. The van der Waals surface area contributed by atoms with E-state index >= 15 is 0 Å². The summed E-state index contributed by atoms with van der Waals surface area (Å²) < 4.78 is 16.4. The summed E-state index contributed by atoms with van der Waals surface area (Å²) >= 11 is 0. The van der Waals surface area contributed by atoms with E-state index in [2.05, 4.69) is 4.90 Å². The van der Waals surface area contributed by atoms with Crippen LogP contribution in [0.25, 0.3) is 0 Å². The van der Waals surface area contributed by atoms with Crippen molar-refractivity contribution in [3.05, 3.63) is 24.3 Å². The van der Waals surface area contributed by atoms with Crippen molar-refractivity contribution in [2.45, 2.75) is 6.10 Å². The van der Waals surface area contributed by atoms with Crippen LogP contribution in [-0.2, 0) is 4.74 Å². The number of hydrogen-bond donors (Lipinski definition) is 1. The molecule has 2 rings (SSSR count). The maximum absolute atomic E-state index is 9.08. The molecule has 1 aromatic rings. The molecule has 1 saturated heterocycles. The smallest absolute Gasteiger partial charge is 0.161 e. The SMILES string of the molecule is COc1ccccc1OCCN1CCOC(CO)C1. The Bertz CT molecular complexity index is 385. The Labute approximate surface area is 113 Å². The molecule has 106 valence electrons. The standard InChI is InChI=1S/C14H21NO4/c1-17-13-4-2-3-5-14(13)19-9-7-15-6-8-18-12(10-15)11-16/h2-5,12,16H,6-11H2,1H3. The highest BCUT2D eigenvalue weighted by atomic mass is 16.5. The number of aliphatic hydroxyl groups excluding tert-OH is 1. The topological polar surface area (TPSA) is 51.2 Å². The summed E-state index contributed by atoms with van der Waals surface area (Å²) in [5.41, 5.74) is 0. The van der Waals surface area contributed by atoms with Gasteiger partial charge in [0.05, 0.1) is 26.4 Å². The molecular formula is C14H21NO4. The Kier molecular flexibility index (Phi) is 5.44. The van der Waals surface area contributed by atoms with Crippen LogP contribution < -0.4 is 9.47 Å². The number of hydrogen-bond acceptors (Lipinski definition) is 5. The fourth-order valence-corrected chi connectivity index (χ4v) is 2.12. The third-order valence-corrected chi connectivity index (χ3v) is 3.16. The number of nitrogens with zero attached hydrogens (tertiary/aromatic N) is 1. The van der Waals surface area contributed by atoms with Crippen molar-refractivity contribution in [1.29, 1.82) is 0 Å². The van der Waals surface area contributed by atoms with E-state index < -0.39 is 0 Å². The van der Waals surface area contributed by atoms with Crippen molar-refractivity contribution >= 4 is 0 Å². The summed E-state index contributed by atoms with van der Waals surface area (Å²) in [6.45, 7) is 3.79. The van der Waals surface area contributed by atoms with Gasteiger partial charge in [-0.15, -0.1) is 0 Å². The van der Waals surface area contributed by atoms with Crippen molar-refractivity contribution in [2.75, 3.05) is 46.6 Å². The molecular weight excluding hydrogens is 246 g/mol. The highest BCUT2D eigenvalue weighted by Crippen LogP contribution is 2.25. The molecule has 0 aromatic heterocycles. The summed E-state index contributed by atoms with van der Waals surface area (Å²) in [5.74, 6) is 1.51. The molecule has 1 fully saturated rings. The van der Waals surface area contributed by atoms with Gasteiger partial charge in [-0.1, -0.05) is 12.1 Å². The fourth-order valence-electron chi connectivity index (χ4n) is 2.12. The molecule has 1 aliphatic heterocycles. The summed E-state index contributed by atoms with van der Waals surface area (Å²) in [4.78, 5) is 2.24. The predicted molar refractivity (Wildman–Crippen MR) is 71.8 cm³/mol. The van der Waals surface area contributed by atoms with Crippen molar-refractivity contribution in [1.82, 2.24) is 4.90 Å². The lowest BCUT2D eigenvalue weighted by Gasteiger charge is -2.31. The molecule has 1 heterocycles. The summed E-state index contributed by atoms with van der Waals surface area (Å²) in [6.07, 6.45) is -0.0694. The largest absolute Gasteiger partial charge is 0.493 e. The Morgan fingerprint density at radius 1 is 1.37 bits per heavy atom. The van der Waals surface area contributed by atoms with Gasteiger partial charge in [-0.2, -0.15) is 0 Å². The van der Waals surface area contributed by atoms with Crippen molar-refractivity contribution in [3.8, 4) is 11.5 Å². The zero-order valence-electron chi connectivity index (χ0n) is 11.2. The first kappa shape index (κ1) is 14.1. The molecule has 0 aliphatic carbocycles. The normalized spacial score (nSPS) is 20.2. The third kappa shape index (κ3) is 4.09. The van der Waals surface area contributed by atoms with Gasteiger partial charge < -0.3 is 19.3 Å². The average molecular weight is 267 g/mol. The van der Waals surface area contributed by atoms with Gasteiger partial charge in [-0.25, -0.2) is 0 Å². The van der Waals surface area contributed by atoms with Gasteiger partial charge in [-0.05, 0) is 12.1 Å². The average Bonchev–Trinajstić information content (AvgIpc) is 2.48. The van der Waals surface area contributed by atoms with Gasteiger partial charge >= 0.3 is 0 Å². The number of morpholine rings is 1. The Morgan fingerprint density at radius 2 is 2.16 bits per heavy atom. The van der Waals surface area contributed by atoms with E-state index in [9.17, 15) is 0 Å². The maximum Gasteiger partial charge on any atom is 0.161 e. The summed E-state index contributed by atoms with van der Waals surface area (Å²) in [7, 11) is 1.63. The lowest BCUT2D eigenvalue weighted by Crippen LogP contribution is -2.45. The van der Waals surface area contributed by atoms with E-state index in [1.807, 2.05) is 24.3 Å². The molecule has 1 atom stereocenters. The maximum atomic E-state index is 9.08. The zero-order valence-corrected chi connectivity index (χ0v) is 11.2. The van der Waals surface area contributed by atoms with Gasteiger partial charge in [0.15, 0.2) is 11.5 Å². The van der Waals surface area contributed by atoms with Crippen LogP contribution in [0.15, 0.2) is 24.3 Å². The summed E-state index contributed by atoms with van der Waals surface area (Å²) in [5, 5.41) is 9.08. The lowest BCUT2D eigenvalue weighted by molar-refractivity contribution is -0.0548. The van der Waals surface area contributed by atoms with Crippen LogP contribution in [0.3, 0.4) is 0 Å². The van der Waals surface area contributed by atoms with Crippen LogP contribution >= 0.6 is 0 Å². The second-order valence-electron chi connectivity index (χ2n) is 4.48. The molecule has 0 spiro atoms. The Balaban J connectivity index is 1.77. The Hall–Kier alpha value is -1.30. The van der Waals surface area contributed by atoms with Gasteiger partial charge in [0.1, 0.15) is 6.61 Å². The third-order valence-electron chi connectivity index (χ3n) is 3.16. The van der Waals surface area contributed by atoms with Gasteiger partial charge in [-0.3, -0.25) is 4.90 Å². The van der Waals surface area contributed by atoms with Crippen molar-refractivity contribution < 1.29 is 19.3 Å². The van der Waals surface area contributed by atoms with Crippen LogP contribution in [0.2, 0.25) is 0 Å². The number of ether oxygens (including phenoxy) is 3. The lowest BCUT2D eigenvalue weighted by atomic mass is 10.3. The molecule has 0 saturated carbocycles. The van der Waals surface area contributed by atoms with E-state index in [4.69, 9.17) is 19.3 Å². The highest BCUT2D eigenvalue weighted by molar-refractivity contribution is 5.39. The second kappa shape index (κ2) is 7.33. The number of para-hydroxylation sites is 2. The van der Waals surface area contributed by atoms with Crippen LogP contribution in [0.1, 0.15) is 0 Å². The molecule has 1 unspecified atom stereocenters. The molecule has 1 aliphatic rings. The van der Waals surface area contributed by atoms with E-state index in [1.165, 1.54) is 0 Å². The quantitative estimate of drug-likeness (QED) is 0.825. The van der Waals surface area contributed by atoms with Gasteiger partial charge in [0.2, 0.25) is 0 Å². The number of methoxy groups -OCH3 is 1. The van der Waals surface area contributed by atoms with E-state index in [0.29, 0.717) is 13.2 Å². The first-order valence-electron chi connectivity index (χ1n) is 6.54. The Morgan fingerprint density at radius 3 is 2.89 bits per heavy atom. The second-order valence-corrected chi connectivity index (χ2v) is 4.48.